The van der Waals surface area contributed by atoms with Gasteiger partial charge >= 0.3 is 5.97 Å². The number of methoxy groups -OCH3 is 2. The molecule has 0 N–H and O–H groups in total. The van der Waals surface area contributed by atoms with Crippen LogP contribution in [0, 0.1) is 0 Å². The molecule has 3 heterocycles. The van der Waals surface area contributed by atoms with Crippen LogP contribution < -0.4 is 38.6 Å². The first-order valence-electron chi connectivity index (χ1n) is 15.6. The number of aromatic nitrogens is 1. The molecule has 11 heteroatoms. The Hall–Kier alpha value is -5.81. The Kier molecular flexibility index (Phi) is 8.91. The van der Waals surface area contributed by atoms with Gasteiger partial charge in [0, 0.05) is 5.56 Å². The maximum absolute atomic E-state index is 14.3. The van der Waals surface area contributed by atoms with Crippen molar-refractivity contribution in [1.82, 2.24) is 4.57 Å². The summed E-state index contributed by atoms with van der Waals surface area (Å²) in [5, 5.41) is 0. The van der Waals surface area contributed by atoms with Gasteiger partial charge in [0.1, 0.15) is 12.4 Å². The zero-order valence-electron chi connectivity index (χ0n) is 27.0. The molecule has 0 saturated carbocycles. The molecule has 1 aromatic heterocycles. The predicted molar refractivity (Wildman–Crippen MR) is 184 cm³/mol. The molecule has 0 unspecified atom stereocenters. The quantitative estimate of drug-likeness (QED) is 0.185. The van der Waals surface area contributed by atoms with Gasteiger partial charge in [0.2, 0.25) is 6.79 Å². The molecule has 5 aromatic rings. The summed E-state index contributed by atoms with van der Waals surface area (Å²) in [7, 11) is 3.14. The van der Waals surface area contributed by atoms with E-state index in [1.165, 1.54) is 11.3 Å². The highest BCUT2D eigenvalue weighted by molar-refractivity contribution is 7.07. The van der Waals surface area contributed by atoms with E-state index in [-0.39, 0.29) is 24.5 Å². The molecular formula is C38H32N2O8S. The van der Waals surface area contributed by atoms with Gasteiger partial charge < -0.3 is 28.4 Å². The molecule has 0 fully saturated rings. The summed E-state index contributed by atoms with van der Waals surface area (Å²) < 4.78 is 35.7. The predicted octanol–water partition coefficient (Wildman–Crippen LogP) is 5.26. The maximum Gasteiger partial charge on any atom is 0.338 e. The zero-order chi connectivity index (χ0) is 33.9. The number of fused-ring (bicyclic) bond motifs is 2. The highest BCUT2D eigenvalue weighted by Gasteiger charge is 2.35. The van der Waals surface area contributed by atoms with E-state index >= 15 is 0 Å². The lowest BCUT2D eigenvalue weighted by Gasteiger charge is -2.26. The third kappa shape index (κ3) is 6.28. The number of carbonyl (C=O) groups excluding carboxylic acids is 1. The van der Waals surface area contributed by atoms with E-state index in [9.17, 15) is 9.59 Å². The molecule has 1 atom stereocenters. The molecule has 4 aromatic carbocycles. The van der Waals surface area contributed by atoms with Crippen LogP contribution in [-0.2, 0) is 16.1 Å². The average Bonchev–Trinajstić information content (AvgIpc) is 3.73. The van der Waals surface area contributed by atoms with Crippen LogP contribution in [-0.4, -0.2) is 38.2 Å². The first-order chi connectivity index (χ1) is 24.0. The smallest absolute Gasteiger partial charge is 0.338 e. The van der Waals surface area contributed by atoms with Gasteiger partial charge in [-0.15, -0.1) is 0 Å². The second kappa shape index (κ2) is 13.7. The lowest BCUT2D eigenvalue weighted by atomic mass is 9.93. The molecule has 0 saturated heterocycles. The molecule has 248 valence electrons. The molecule has 49 heavy (non-hydrogen) atoms. The normalized spacial score (nSPS) is 15.0. The number of benzene rings is 4. The van der Waals surface area contributed by atoms with E-state index in [4.69, 9.17) is 33.4 Å². The van der Waals surface area contributed by atoms with Crippen LogP contribution in [0.15, 0.2) is 106 Å². The highest BCUT2D eigenvalue weighted by atomic mass is 32.1. The summed E-state index contributed by atoms with van der Waals surface area (Å²) in [4.78, 5) is 33.4. The molecule has 2 aliphatic rings. The molecule has 0 spiro atoms. The van der Waals surface area contributed by atoms with Gasteiger partial charge in [0.25, 0.3) is 5.56 Å². The number of esters is 1. The third-order valence-electron chi connectivity index (χ3n) is 8.10. The van der Waals surface area contributed by atoms with Crippen LogP contribution in [0.1, 0.15) is 35.2 Å². The molecule has 10 nitrogen and oxygen atoms in total. The Labute approximate surface area is 285 Å². The minimum atomic E-state index is -0.816. The molecule has 7 rings (SSSR count). The summed E-state index contributed by atoms with van der Waals surface area (Å²) >= 11 is 1.24. The largest absolute Gasteiger partial charge is 0.497 e. The van der Waals surface area contributed by atoms with Gasteiger partial charge in [-0.2, -0.15) is 0 Å². The number of hydrogen-bond donors (Lipinski definition) is 0. The van der Waals surface area contributed by atoms with E-state index in [2.05, 4.69) is 0 Å². The average molecular weight is 677 g/mol. The fourth-order valence-corrected chi connectivity index (χ4v) is 6.80. The van der Waals surface area contributed by atoms with Crippen molar-refractivity contribution in [3.8, 4) is 28.7 Å². The van der Waals surface area contributed by atoms with Crippen molar-refractivity contribution in [1.29, 1.82) is 0 Å². The molecule has 0 amide bonds. The summed E-state index contributed by atoms with van der Waals surface area (Å²) in [5.41, 5.74) is 3.48. The van der Waals surface area contributed by atoms with Gasteiger partial charge in [-0.25, -0.2) is 9.79 Å². The van der Waals surface area contributed by atoms with Crippen molar-refractivity contribution in [2.75, 3.05) is 27.6 Å². The van der Waals surface area contributed by atoms with Crippen LogP contribution in [0.3, 0.4) is 0 Å². The van der Waals surface area contributed by atoms with Crippen molar-refractivity contribution in [3.63, 3.8) is 0 Å². The Balaban J connectivity index is 1.31. The van der Waals surface area contributed by atoms with E-state index in [1.807, 2.05) is 84.9 Å². The van der Waals surface area contributed by atoms with Crippen molar-refractivity contribution in [2.45, 2.75) is 19.6 Å². The Morgan fingerprint density at radius 2 is 1.78 bits per heavy atom. The summed E-state index contributed by atoms with van der Waals surface area (Å²) in [6.45, 7) is 2.41. The number of rotatable bonds is 10. The summed E-state index contributed by atoms with van der Waals surface area (Å²) in [6.07, 6.45) is 1.78. The van der Waals surface area contributed by atoms with E-state index < -0.39 is 12.0 Å². The lowest BCUT2D eigenvalue weighted by Crippen LogP contribution is -2.40. The lowest BCUT2D eigenvalue weighted by molar-refractivity contribution is -0.138. The van der Waals surface area contributed by atoms with Crippen molar-refractivity contribution in [2.24, 2.45) is 4.99 Å². The minimum Gasteiger partial charge on any atom is -0.497 e. The summed E-state index contributed by atoms with van der Waals surface area (Å²) in [6, 6.07) is 27.1. The first kappa shape index (κ1) is 31.8. The van der Waals surface area contributed by atoms with Crippen LogP contribution >= 0.6 is 11.3 Å². The standard InChI is InChI=1S/C38H32N2O8S/c1-4-45-37(42)33-34(25-9-6-5-7-10-25)39-38-40(35(33)26-11-8-12-27(20-26)43-2)36(41)32(49-38)19-23-13-15-28(30(17-23)44-3)46-21-24-14-16-29-31(18-24)48-22-47-29/h5-20,35H,4,21-22H2,1-3H3/b32-19-/t35-/m0/s1. The maximum atomic E-state index is 14.3. The van der Waals surface area contributed by atoms with Crippen molar-refractivity contribution >= 4 is 29.1 Å². The fourth-order valence-electron chi connectivity index (χ4n) is 5.80. The molecule has 0 aliphatic carbocycles. The molecule has 0 bridgehead atoms. The van der Waals surface area contributed by atoms with Crippen LogP contribution in [0.25, 0.3) is 11.8 Å². The van der Waals surface area contributed by atoms with E-state index in [0.29, 0.717) is 55.9 Å². The molecule has 0 radical (unpaired) electrons. The number of ether oxygens (including phenoxy) is 6. The van der Waals surface area contributed by atoms with Gasteiger partial charge in [-0.05, 0) is 66.1 Å². The second-order valence-electron chi connectivity index (χ2n) is 11.1. The topological polar surface area (TPSA) is 107 Å². The number of hydrogen-bond acceptors (Lipinski definition) is 10. The number of nitrogens with zero attached hydrogens (tertiary/aromatic N) is 2. The SMILES string of the molecule is CCOC(=O)C1=C(c2ccccc2)N=c2s/c(=C\c3ccc(OCc4ccc5c(c4)OCO5)c(OC)c3)c(=O)n2[C@H]1c1cccc(OC)c1. The van der Waals surface area contributed by atoms with E-state index in [0.717, 1.165) is 16.7 Å². The van der Waals surface area contributed by atoms with Crippen LogP contribution in [0.4, 0.5) is 0 Å². The first-order valence-corrected chi connectivity index (χ1v) is 16.4. The zero-order valence-corrected chi connectivity index (χ0v) is 27.8. The Morgan fingerprint density at radius 1 is 0.939 bits per heavy atom. The van der Waals surface area contributed by atoms with Crippen molar-refractivity contribution in [3.05, 3.63) is 139 Å². The van der Waals surface area contributed by atoms with Gasteiger partial charge in [-0.1, -0.05) is 65.9 Å². The Bertz CT molecular complexity index is 2260. The Morgan fingerprint density at radius 3 is 2.57 bits per heavy atom. The summed E-state index contributed by atoms with van der Waals surface area (Å²) in [5.74, 6) is 2.49. The van der Waals surface area contributed by atoms with Crippen LogP contribution in [0.2, 0.25) is 0 Å². The molecular weight excluding hydrogens is 644 g/mol. The minimum absolute atomic E-state index is 0.165. The van der Waals surface area contributed by atoms with Crippen molar-refractivity contribution < 1.29 is 33.2 Å². The molecule has 2 aliphatic heterocycles. The van der Waals surface area contributed by atoms with E-state index in [1.54, 1.807) is 37.9 Å². The second-order valence-corrected chi connectivity index (χ2v) is 12.1. The van der Waals surface area contributed by atoms with Gasteiger partial charge in [0.15, 0.2) is 27.8 Å². The number of thiazole rings is 1. The number of carbonyl (C=O) groups is 1. The highest BCUT2D eigenvalue weighted by Crippen LogP contribution is 2.37. The van der Waals surface area contributed by atoms with Crippen LogP contribution in [0.5, 0.6) is 28.7 Å². The fraction of sp³-hybridized carbons (Fsp3) is 0.184. The monoisotopic (exact) mass is 676 g/mol. The third-order valence-corrected chi connectivity index (χ3v) is 9.08. The van der Waals surface area contributed by atoms with Gasteiger partial charge in [-0.3, -0.25) is 9.36 Å². The van der Waals surface area contributed by atoms with Gasteiger partial charge in [0.05, 0.1) is 42.7 Å².